The van der Waals surface area contributed by atoms with Gasteiger partial charge in [0, 0.05) is 29.3 Å². The van der Waals surface area contributed by atoms with E-state index in [1.54, 1.807) is 53.4 Å². The molecule has 1 amide bonds. The maximum atomic E-state index is 12.6. The highest BCUT2D eigenvalue weighted by Gasteiger charge is 2.47. The Labute approximate surface area is 148 Å². The SMILES string of the molecule is [N-]=C=C1C(=S)NC(=O)C([n+]2ccccc2)C1c1ccccc1[N+](=O)[O-]. The molecule has 8 heteroatoms. The molecule has 25 heavy (non-hydrogen) atoms. The number of nitrogens with zero attached hydrogens (tertiary/aromatic N) is 3. The Kier molecular flexibility index (Phi) is 4.47. The van der Waals surface area contributed by atoms with Gasteiger partial charge in [0.25, 0.3) is 11.6 Å². The second kappa shape index (κ2) is 6.72. The molecule has 1 saturated heterocycles. The van der Waals surface area contributed by atoms with Crippen LogP contribution in [0.1, 0.15) is 17.5 Å². The number of hydrogen-bond acceptors (Lipinski definition) is 4. The predicted octanol–water partition coefficient (Wildman–Crippen LogP) is 1.83. The van der Waals surface area contributed by atoms with Gasteiger partial charge in [0.05, 0.1) is 10.8 Å². The third kappa shape index (κ3) is 2.96. The van der Waals surface area contributed by atoms with Crippen LogP contribution in [0.2, 0.25) is 0 Å². The molecule has 124 valence electrons. The van der Waals surface area contributed by atoms with E-state index in [9.17, 15) is 20.3 Å². The number of benzene rings is 1. The first-order valence-corrected chi connectivity index (χ1v) is 7.76. The number of pyridine rings is 1. The molecule has 1 aromatic carbocycles. The van der Waals surface area contributed by atoms with E-state index in [0.717, 1.165) is 0 Å². The topological polar surface area (TPSA) is 98.4 Å². The highest BCUT2D eigenvalue weighted by atomic mass is 32.1. The van der Waals surface area contributed by atoms with Crippen molar-refractivity contribution in [3.63, 3.8) is 0 Å². The van der Waals surface area contributed by atoms with Crippen LogP contribution in [-0.2, 0) is 4.79 Å². The zero-order chi connectivity index (χ0) is 18.0. The molecule has 7 nitrogen and oxygen atoms in total. The van der Waals surface area contributed by atoms with Gasteiger partial charge < -0.3 is 10.7 Å². The fourth-order valence-corrected chi connectivity index (χ4v) is 3.24. The van der Waals surface area contributed by atoms with Gasteiger partial charge in [-0.2, -0.15) is 4.57 Å². The molecular weight excluding hydrogens is 340 g/mol. The lowest BCUT2D eigenvalue weighted by Gasteiger charge is -2.29. The molecule has 2 atom stereocenters. The quantitative estimate of drug-likeness (QED) is 0.227. The van der Waals surface area contributed by atoms with E-state index in [1.165, 1.54) is 6.07 Å². The summed E-state index contributed by atoms with van der Waals surface area (Å²) >= 11 is 5.12. The summed E-state index contributed by atoms with van der Waals surface area (Å²) in [6.45, 7) is 0. The van der Waals surface area contributed by atoms with Gasteiger partial charge in [0.1, 0.15) is 4.99 Å². The van der Waals surface area contributed by atoms with Gasteiger partial charge in [-0.05, 0) is 0 Å². The first-order chi connectivity index (χ1) is 12.0. The van der Waals surface area contributed by atoms with Gasteiger partial charge in [-0.15, -0.1) is 0 Å². The van der Waals surface area contributed by atoms with Crippen LogP contribution in [0.4, 0.5) is 5.69 Å². The second-order valence-corrected chi connectivity index (χ2v) is 5.81. The predicted molar refractivity (Wildman–Crippen MR) is 94.1 cm³/mol. The second-order valence-electron chi connectivity index (χ2n) is 5.40. The summed E-state index contributed by atoms with van der Waals surface area (Å²) in [5.74, 6) is 0.753. The Balaban J connectivity index is 2.26. The number of aromatic nitrogens is 1. The van der Waals surface area contributed by atoms with Crippen molar-refractivity contribution in [1.29, 1.82) is 0 Å². The van der Waals surface area contributed by atoms with Crippen molar-refractivity contribution in [1.82, 2.24) is 5.32 Å². The van der Waals surface area contributed by atoms with Crippen molar-refractivity contribution in [2.45, 2.75) is 12.0 Å². The maximum Gasteiger partial charge on any atom is 0.295 e. The minimum atomic E-state index is -0.858. The van der Waals surface area contributed by atoms with Crippen LogP contribution in [0.3, 0.4) is 0 Å². The van der Waals surface area contributed by atoms with Crippen molar-refractivity contribution < 1.29 is 14.3 Å². The monoisotopic (exact) mass is 352 g/mol. The van der Waals surface area contributed by atoms with Crippen molar-refractivity contribution >= 4 is 34.7 Å². The van der Waals surface area contributed by atoms with E-state index in [0.29, 0.717) is 0 Å². The van der Waals surface area contributed by atoms with Crippen LogP contribution in [0.15, 0.2) is 60.4 Å². The van der Waals surface area contributed by atoms with E-state index < -0.39 is 22.8 Å². The van der Waals surface area contributed by atoms with Gasteiger partial charge in [0.2, 0.25) is 6.04 Å². The molecule has 2 aromatic rings. The molecule has 0 aliphatic carbocycles. The third-order valence-corrected chi connectivity index (χ3v) is 4.35. The third-order valence-electron chi connectivity index (χ3n) is 4.03. The molecule has 1 aliphatic rings. The molecule has 0 saturated carbocycles. The van der Waals surface area contributed by atoms with E-state index in [1.807, 2.05) is 5.87 Å². The normalized spacial score (nSPS) is 19.9. The van der Waals surface area contributed by atoms with Gasteiger partial charge >= 0.3 is 0 Å². The van der Waals surface area contributed by atoms with Crippen molar-refractivity contribution in [3.8, 4) is 0 Å². The lowest BCUT2D eigenvalue weighted by atomic mass is 9.81. The Bertz CT molecular complexity index is 923. The van der Waals surface area contributed by atoms with E-state index in [-0.39, 0.29) is 21.8 Å². The van der Waals surface area contributed by atoms with Crippen molar-refractivity contribution in [2.75, 3.05) is 0 Å². The Hall–Kier alpha value is -3.22. The van der Waals surface area contributed by atoms with Gasteiger partial charge in [-0.25, -0.2) is 0 Å². The summed E-state index contributed by atoms with van der Waals surface area (Å²) in [7, 11) is 0. The number of para-hydroxylation sites is 1. The molecule has 0 spiro atoms. The summed E-state index contributed by atoms with van der Waals surface area (Å²) < 4.78 is 1.62. The molecule has 0 bridgehead atoms. The van der Waals surface area contributed by atoms with Crippen LogP contribution in [0.25, 0.3) is 5.41 Å². The number of nitro benzene ring substituents is 1. The Morgan fingerprint density at radius 1 is 1.20 bits per heavy atom. The molecular formula is C17H12N4O3S. The highest BCUT2D eigenvalue weighted by molar-refractivity contribution is 7.80. The number of piperidine rings is 1. The molecule has 1 N–H and O–H groups in total. The number of amides is 1. The van der Waals surface area contributed by atoms with Crippen LogP contribution in [0.5, 0.6) is 0 Å². The molecule has 2 unspecified atom stereocenters. The molecule has 3 rings (SSSR count). The Morgan fingerprint density at radius 3 is 2.52 bits per heavy atom. The first-order valence-electron chi connectivity index (χ1n) is 7.36. The van der Waals surface area contributed by atoms with Gasteiger partial charge in [-0.3, -0.25) is 20.8 Å². The minimum absolute atomic E-state index is 0.00318. The fourth-order valence-electron chi connectivity index (χ4n) is 2.97. The molecule has 0 radical (unpaired) electrons. The average Bonchev–Trinajstić information content (AvgIpc) is 2.61. The number of nitrogens with one attached hydrogen (secondary N) is 1. The number of rotatable bonds is 3. The summed E-state index contributed by atoms with van der Waals surface area (Å²) in [5.41, 5.74) is 0.257. The standard InChI is InChI=1S/C17H12N4O3S/c18-10-12-14(11-6-2-3-7-13(11)21(23)24)15(16(22)19-17(12)25)20-8-4-1-5-9-20/h1-9,14-15H,(H,19,22,25). The van der Waals surface area contributed by atoms with E-state index in [4.69, 9.17) is 12.2 Å². The van der Waals surface area contributed by atoms with E-state index in [2.05, 4.69) is 5.32 Å². The van der Waals surface area contributed by atoms with E-state index >= 15 is 0 Å². The zero-order valence-corrected chi connectivity index (χ0v) is 13.6. The number of hydrogen-bond donors (Lipinski definition) is 1. The maximum absolute atomic E-state index is 12.6. The smallest absolute Gasteiger partial charge is 0.295 e. The van der Waals surface area contributed by atoms with Gasteiger partial charge in [-0.1, -0.05) is 36.5 Å². The van der Waals surface area contributed by atoms with Crippen molar-refractivity contribution in [3.05, 3.63) is 81.5 Å². The van der Waals surface area contributed by atoms with Crippen LogP contribution >= 0.6 is 12.2 Å². The number of thiocarbonyl (C=S) groups is 1. The Morgan fingerprint density at radius 2 is 1.88 bits per heavy atom. The largest absolute Gasteiger partial charge is 0.763 e. The zero-order valence-electron chi connectivity index (χ0n) is 12.8. The summed E-state index contributed by atoms with van der Waals surface area (Å²) in [6, 6.07) is 10.5. The highest BCUT2D eigenvalue weighted by Crippen LogP contribution is 2.39. The molecule has 1 aliphatic heterocycles. The molecule has 1 aromatic heterocycles. The first kappa shape index (κ1) is 16.6. The number of carbonyl (C=O) groups excluding carboxylic acids is 1. The summed E-state index contributed by atoms with van der Waals surface area (Å²) in [5, 5.41) is 23.5. The number of nitro groups is 1. The van der Waals surface area contributed by atoms with Gasteiger partial charge in [0.15, 0.2) is 12.4 Å². The van der Waals surface area contributed by atoms with Crippen LogP contribution < -0.4 is 9.88 Å². The average molecular weight is 352 g/mol. The number of carbonyl (C=O) groups is 1. The lowest BCUT2D eigenvalue weighted by molar-refractivity contribution is -0.711. The summed E-state index contributed by atoms with van der Waals surface area (Å²) in [4.78, 5) is 23.5. The van der Waals surface area contributed by atoms with Crippen LogP contribution in [-0.4, -0.2) is 21.7 Å². The molecule has 2 heterocycles. The van der Waals surface area contributed by atoms with Crippen molar-refractivity contribution in [2.24, 2.45) is 0 Å². The fraction of sp³-hybridized carbons (Fsp3) is 0.118. The summed E-state index contributed by atoms with van der Waals surface area (Å²) in [6.07, 6.45) is 3.35. The van der Waals surface area contributed by atoms with Crippen LogP contribution in [0, 0.1) is 10.1 Å². The lowest BCUT2D eigenvalue weighted by Crippen LogP contribution is -2.56. The molecule has 1 fully saturated rings. The minimum Gasteiger partial charge on any atom is -0.763 e.